The summed E-state index contributed by atoms with van der Waals surface area (Å²) in [5.41, 5.74) is 1.77. The highest BCUT2D eigenvalue weighted by atomic mass is 79.9. The Morgan fingerprint density at radius 3 is 1.39 bits per heavy atom. The minimum absolute atomic E-state index is 0. The predicted octanol–water partition coefficient (Wildman–Crippen LogP) is 1.97. The van der Waals surface area contributed by atoms with Crippen molar-refractivity contribution in [2.45, 2.75) is 6.16 Å². The summed E-state index contributed by atoms with van der Waals surface area (Å²) in [6, 6.07) is 40.2. The maximum Gasteiger partial charge on any atom is 0.337 e. The lowest BCUT2D eigenvalue weighted by molar-refractivity contribution is -0.0000204. The Hall–Kier alpha value is -2.74. The molecule has 0 spiro atoms. The quantitative estimate of drug-likeness (QED) is 0.305. The third-order valence-corrected chi connectivity index (χ3v) is 9.76. The van der Waals surface area contributed by atoms with E-state index in [0.29, 0.717) is 5.56 Å². The number of methoxy groups -OCH3 is 1. The Balaban J connectivity index is 0.00000272. The van der Waals surface area contributed by atoms with Crippen LogP contribution in [0.1, 0.15) is 15.9 Å². The van der Waals surface area contributed by atoms with Gasteiger partial charge in [-0.05, 0) is 54.1 Å². The molecule has 0 atom stereocenters. The Morgan fingerprint density at radius 2 is 1.03 bits per heavy atom. The molecule has 0 amide bonds. The lowest BCUT2D eigenvalue weighted by atomic mass is 10.1. The average Bonchev–Trinajstić information content (AvgIpc) is 2.84. The van der Waals surface area contributed by atoms with Crippen molar-refractivity contribution in [2.75, 3.05) is 7.11 Å². The number of ether oxygens (including phenoxy) is 1. The van der Waals surface area contributed by atoms with E-state index in [-0.39, 0.29) is 23.0 Å². The van der Waals surface area contributed by atoms with Crippen LogP contribution in [-0.2, 0) is 10.9 Å². The van der Waals surface area contributed by atoms with Crippen LogP contribution in [0.15, 0.2) is 115 Å². The minimum Gasteiger partial charge on any atom is -1.00 e. The highest BCUT2D eigenvalue weighted by molar-refractivity contribution is 7.95. The van der Waals surface area contributed by atoms with Crippen molar-refractivity contribution in [2.24, 2.45) is 0 Å². The second-order valence-corrected chi connectivity index (χ2v) is 10.6. The van der Waals surface area contributed by atoms with Crippen LogP contribution in [0.5, 0.6) is 0 Å². The van der Waals surface area contributed by atoms with Gasteiger partial charge in [0.1, 0.15) is 23.2 Å². The third-order valence-electron chi connectivity index (χ3n) is 5.39. The van der Waals surface area contributed by atoms with Crippen LogP contribution in [-0.4, -0.2) is 13.1 Å². The summed E-state index contributed by atoms with van der Waals surface area (Å²) in [5, 5.41) is 4.04. The van der Waals surface area contributed by atoms with Crippen LogP contribution in [0.25, 0.3) is 0 Å². The number of esters is 1. The Labute approximate surface area is 195 Å². The average molecular weight is 491 g/mol. The van der Waals surface area contributed by atoms with E-state index < -0.39 is 7.26 Å². The molecule has 0 unspecified atom stereocenters. The second-order valence-electron chi connectivity index (χ2n) is 7.16. The van der Waals surface area contributed by atoms with Crippen LogP contribution < -0.4 is 32.9 Å². The number of benzene rings is 4. The number of hydrogen-bond acceptors (Lipinski definition) is 2. The van der Waals surface area contributed by atoms with Gasteiger partial charge in [0.2, 0.25) is 0 Å². The molecule has 0 saturated carbocycles. The van der Waals surface area contributed by atoms with Gasteiger partial charge in [-0.1, -0.05) is 66.7 Å². The molecule has 0 aliphatic carbocycles. The molecule has 0 aliphatic rings. The molecule has 4 aromatic carbocycles. The molecular weight excluding hydrogens is 467 g/mol. The second kappa shape index (κ2) is 10.5. The summed E-state index contributed by atoms with van der Waals surface area (Å²) in [4.78, 5) is 11.9. The van der Waals surface area contributed by atoms with E-state index in [1.54, 1.807) is 0 Å². The Morgan fingerprint density at radius 1 is 0.645 bits per heavy atom. The first-order chi connectivity index (χ1) is 14.7. The van der Waals surface area contributed by atoms with E-state index in [0.717, 1.165) is 6.16 Å². The maximum absolute atomic E-state index is 11.9. The number of hydrogen-bond donors (Lipinski definition) is 0. The Kier molecular flexibility index (Phi) is 7.79. The standard InChI is InChI=1S/C27H24O2P.BrH/c1-29-27(28)23-19-17-22(18-20-23)21-30(24-11-5-2-6-12-24,25-13-7-3-8-14-25)26-15-9-4-10-16-26;/h2-20H,21H2,1H3;1H/q+1;/p-1. The molecule has 0 aliphatic heterocycles. The molecule has 0 heterocycles. The van der Waals surface area contributed by atoms with E-state index in [9.17, 15) is 4.79 Å². The van der Waals surface area contributed by atoms with E-state index in [1.165, 1.54) is 28.6 Å². The zero-order chi connectivity index (χ0) is 20.8. The summed E-state index contributed by atoms with van der Waals surface area (Å²) in [6.45, 7) is 0. The fourth-order valence-corrected chi connectivity index (χ4v) is 8.15. The van der Waals surface area contributed by atoms with Gasteiger partial charge in [-0.25, -0.2) is 4.79 Å². The van der Waals surface area contributed by atoms with Gasteiger partial charge in [-0.2, -0.15) is 0 Å². The van der Waals surface area contributed by atoms with E-state index in [1.807, 2.05) is 12.1 Å². The maximum atomic E-state index is 11.9. The first kappa shape index (κ1) is 22.9. The van der Waals surface area contributed by atoms with Crippen molar-refractivity contribution in [3.63, 3.8) is 0 Å². The molecule has 156 valence electrons. The van der Waals surface area contributed by atoms with Gasteiger partial charge >= 0.3 is 5.97 Å². The molecule has 0 fully saturated rings. The molecule has 0 bridgehead atoms. The molecular formula is C27H24BrO2P. The van der Waals surface area contributed by atoms with Crippen LogP contribution in [0.4, 0.5) is 0 Å². The predicted molar refractivity (Wildman–Crippen MR) is 127 cm³/mol. The number of carbonyl (C=O) groups excluding carboxylic acids is 1. The zero-order valence-electron chi connectivity index (χ0n) is 17.3. The smallest absolute Gasteiger partial charge is 0.337 e. The van der Waals surface area contributed by atoms with E-state index in [2.05, 4.69) is 103 Å². The summed E-state index contributed by atoms with van der Waals surface area (Å²) in [6.07, 6.45) is 0.881. The van der Waals surface area contributed by atoms with Gasteiger partial charge in [0.15, 0.2) is 0 Å². The summed E-state index contributed by atoms with van der Waals surface area (Å²) in [7, 11) is -0.527. The van der Waals surface area contributed by atoms with Crippen LogP contribution in [0.2, 0.25) is 0 Å². The van der Waals surface area contributed by atoms with Crippen molar-refractivity contribution < 1.29 is 26.5 Å². The molecule has 4 heteroatoms. The topological polar surface area (TPSA) is 26.3 Å². The molecule has 0 aromatic heterocycles. The molecule has 31 heavy (non-hydrogen) atoms. The van der Waals surface area contributed by atoms with Gasteiger partial charge in [0.05, 0.1) is 18.8 Å². The van der Waals surface area contributed by atoms with Crippen molar-refractivity contribution in [3.8, 4) is 0 Å². The van der Waals surface area contributed by atoms with Gasteiger partial charge in [-0.3, -0.25) is 0 Å². The largest absolute Gasteiger partial charge is 1.00 e. The van der Waals surface area contributed by atoms with Crippen LogP contribution in [0, 0.1) is 0 Å². The summed E-state index contributed by atoms with van der Waals surface area (Å²) >= 11 is 0. The molecule has 4 aromatic rings. The first-order valence-corrected chi connectivity index (χ1v) is 11.9. The molecule has 0 N–H and O–H groups in total. The van der Waals surface area contributed by atoms with Crippen LogP contribution in [0.3, 0.4) is 0 Å². The SMILES string of the molecule is COC(=O)c1ccc(C[P+](c2ccccc2)(c2ccccc2)c2ccccc2)cc1.[Br-]. The number of rotatable bonds is 6. The fourth-order valence-electron chi connectivity index (χ4n) is 3.91. The van der Waals surface area contributed by atoms with Crippen molar-refractivity contribution in [3.05, 3.63) is 126 Å². The van der Waals surface area contributed by atoms with Crippen LogP contribution >= 0.6 is 7.26 Å². The molecule has 4 rings (SSSR count). The third kappa shape index (κ3) is 4.79. The number of halogens is 1. The van der Waals surface area contributed by atoms with Gasteiger partial charge in [-0.15, -0.1) is 0 Å². The van der Waals surface area contributed by atoms with Crippen molar-refractivity contribution in [1.82, 2.24) is 0 Å². The van der Waals surface area contributed by atoms with Gasteiger partial charge in [0, 0.05) is 0 Å². The summed E-state index contributed by atoms with van der Waals surface area (Å²) < 4.78 is 4.85. The van der Waals surface area contributed by atoms with Gasteiger partial charge < -0.3 is 21.7 Å². The number of carbonyl (C=O) groups is 1. The van der Waals surface area contributed by atoms with E-state index >= 15 is 0 Å². The highest BCUT2D eigenvalue weighted by Crippen LogP contribution is 2.58. The lowest BCUT2D eigenvalue weighted by Crippen LogP contribution is -3.00. The summed E-state index contributed by atoms with van der Waals surface area (Å²) in [5.74, 6) is -0.309. The van der Waals surface area contributed by atoms with Gasteiger partial charge in [0.25, 0.3) is 0 Å². The molecule has 2 nitrogen and oxygen atoms in total. The minimum atomic E-state index is -1.94. The van der Waals surface area contributed by atoms with Crippen molar-refractivity contribution in [1.29, 1.82) is 0 Å². The zero-order valence-corrected chi connectivity index (χ0v) is 19.8. The first-order valence-electron chi connectivity index (χ1n) is 9.96. The fraction of sp³-hybridized carbons (Fsp3) is 0.0741. The monoisotopic (exact) mass is 490 g/mol. The van der Waals surface area contributed by atoms with Crippen molar-refractivity contribution >= 4 is 29.1 Å². The Bertz CT molecular complexity index is 1000. The normalized spacial score (nSPS) is 10.7. The highest BCUT2D eigenvalue weighted by Gasteiger charge is 2.45. The molecule has 0 radical (unpaired) electrons. The van der Waals surface area contributed by atoms with E-state index in [4.69, 9.17) is 4.74 Å². The lowest BCUT2D eigenvalue weighted by Gasteiger charge is -2.27. The molecule has 0 saturated heterocycles.